The Balaban J connectivity index is 2.05. The average molecular weight is 246 g/mol. The summed E-state index contributed by atoms with van der Waals surface area (Å²) >= 11 is 0. The second-order valence-electron chi connectivity index (χ2n) is 5.67. The van der Waals surface area contributed by atoms with E-state index in [0.717, 1.165) is 12.0 Å². The van der Waals surface area contributed by atoms with Gasteiger partial charge < -0.3 is 9.84 Å². The first-order valence-corrected chi connectivity index (χ1v) is 6.43. The minimum absolute atomic E-state index is 0.169. The predicted molar refractivity (Wildman–Crippen MR) is 67.6 cm³/mol. The molecule has 1 saturated heterocycles. The van der Waals surface area contributed by atoms with Gasteiger partial charge in [-0.3, -0.25) is 0 Å². The van der Waals surface area contributed by atoms with E-state index in [-0.39, 0.29) is 23.9 Å². The highest BCUT2D eigenvalue weighted by Gasteiger charge is 2.52. The van der Waals surface area contributed by atoms with Crippen LogP contribution in [0.5, 0.6) is 0 Å². The molecule has 3 heteroatoms. The molecule has 0 aromatic carbocycles. The van der Waals surface area contributed by atoms with Crippen molar-refractivity contribution < 1.29 is 14.6 Å². The van der Waals surface area contributed by atoms with E-state index < -0.39 is 6.10 Å². The van der Waals surface area contributed by atoms with E-state index in [2.05, 4.69) is 26.2 Å². The molecule has 0 spiro atoms. The number of carbonyl (C=O) groups excluding carboxylic acids is 1. The van der Waals surface area contributed by atoms with Crippen molar-refractivity contribution in [2.75, 3.05) is 0 Å². The normalized spacial score (nSPS) is 43.1. The third-order valence-electron chi connectivity index (χ3n) is 4.68. The SMILES string of the molecule is C=C1C(=O)O[C@@H]2[C@H]3C(C)=CC[C@H]3C(=C)C[C@@H](O)[C@@H]12. The fourth-order valence-corrected chi connectivity index (χ4v) is 3.72. The lowest BCUT2D eigenvalue weighted by Gasteiger charge is -2.27. The van der Waals surface area contributed by atoms with Crippen LogP contribution in [-0.2, 0) is 9.53 Å². The summed E-state index contributed by atoms with van der Waals surface area (Å²) < 4.78 is 5.48. The van der Waals surface area contributed by atoms with Gasteiger partial charge >= 0.3 is 5.97 Å². The molecular formula is C15H18O3. The molecule has 1 saturated carbocycles. The Labute approximate surface area is 107 Å². The molecular weight excluding hydrogens is 228 g/mol. The van der Waals surface area contributed by atoms with Crippen molar-refractivity contribution in [1.29, 1.82) is 0 Å². The van der Waals surface area contributed by atoms with E-state index in [9.17, 15) is 9.90 Å². The van der Waals surface area contributed by atoms with Gasteiger partial charge in [-0.15, -0.1) is 0 Å². The molecule has 0 aromatic heterocycles. The Kier molecular flexibility index (Phi) is 2.49. The number of carbonyl (C=O) groups is 1. The first-order valence-electron chi connectivity index (χ1n) is 6.43. The van der Waals surface area contributed by atoms with Crippen molar-refractivity contribution >= 4 is 5.97 Å². The van der Waals surface area contributed by atoms with Crippen molar-refractivity contribution in [3.8, 4) is 0 Å². The van der Waals surface area contributed by atoms with Crippen molar-refractivity contribution in [2.24, 2.45) is 17.8 Å². The van der Waals surface area contributed by atoms with Crippen LogP contribution in [0.15, 0.2) is 36.0 Å². The number of fused-ring (bicyclic) bond motifs is 3. The van der Waals surface area contributed by atoms with E-state index in [1.165, 1.54) is 5.57 Å². The van der Waals surface area contributed by atoms with E-state index in [1.54, 1.807) is 0 Å². The molecule has 0 radical (unpaired) electrons. The fourth-order valence-electron chi connectivity index (χ4n) is 3.72. The number of esters is 1. The molecule has 0 bridgehead atoms. The van der Waals surface area contributed by atoms with Crippen molar-refractivity contribution in [3.63, 3.8) is 0 Å². The lowest BCUT2D eigenvalue weighted by Crippen LogP contribution is -2.33. The number of allylic oxidation sites excluding steroid dienone is 1. The van der Waals surface area contributed by atoms with Gasteiger partial charge in [0.15, 0.2) is 0 Å². The Hall–Kier alpha value is -1.35. The summed E-state index contributed by atoms with van der Waals surface area (Å²) in [6.07, 6.45) is 2.82. The van der Waals surface area contributed by atoms with Crippen LogP contribution in [0.1, 0.15) is 19.8 Å². The van der Waals surface area contributed by atoms with Gasteiger partial charge in [-0.05, 0) is 25.7 Å². The van der Waals surface area contributed by atoms with Crippen LogP contribution in [0, 0.1) is 17.8 Å². The lowest BCUT2D eigenvalue weighted by molar-refractivity contribution is -0.141. The topological polar surface area (TPSA) is 46.5 Å². The van der Waals surface area contributed by atoms with Gasteiger partial charge in [0.1, 0.15) is 6.10 Å². The van der Waals surface area contributed by atoms with E-state index in [4.69, 9.17) is 4.74 Å². The highest BCUT2D eigenvalue weighted by molar-refractivity contribution is 5.91. The van der Waals surface area contributed by atoms with Crippen molar-refractivity contribution in [1.82, 2.24) is 0 Å². The molecule has 96 valence electrons. The quantitative estimate of drug-likeness (QED) is 0.404. The van der Waals surface area contributed by atoms with Crippen LogP contribution in [0.4, 0.5) is 0 Å². The van der Waals surface area contributed by atoms with Gasteiger partial charge in [-0.25, -0.2) is 4.79 Å². The second kappa shape index (κ2) is 3.82. The minimum atomic E-state index is -0.597. The Bertz CT molecular complexity index is 474. The van der Waals surface area contributed by atoms with Crippen LogP contribution in [0.2, 0.25) is 0 Å². The Morgan fingerprint density at radius 2 is 2.11 bits per heavy atom. The first-order chi connectivity index (χ1) is 8.50. The van der Waals surface area contributed by atoms with Crippen molar-refractivity contribution in [2.45, 2.75) is 32.0 Å². The predicted octanol–water partition coefficient (Wildman–Crippen LogP) is 1.99. The number of aliphatic hydroxyl groups excluding tert-OH is 1. The van der Waals surface area contributed by atoms with Gasteiger partial charge in [-0.2, -0.15) is 0 Å². The molecule has 2 fully saturated rings. The van der Waals surface area contributed by atoms with Crippen molar-refractivity contribution in [3.05, 3.63) is 36.0 Å². The summed E-state index contributed by atoms with van der Waals surface area (Å²) in [6, 6.07) is 0. The number of ether oxygens (including phenoxy) is 1. The largest absolute Gasteiger partial charge is 0.458 e. The summed E-state index contributed by atoms with van der Waals surface area (Å²) in [6.45, 7) is 9.97. The summed E-state index contributed by atoms with van der Waals surface area (Å²) in [5.74, 6) is -0.156. The highest BCUT2D eigenvalue weighted by Crippen LogP contribution is 2.50. The number of hydrogen-bond donors (Lipinski definition) is 1. The maximum absolute atomic E-state index is 11.7. The molecule has 0 aromatic rings. The summed E-state index contributed by atoms with van der Waals surface area (Å²) in [5, 5.41) is 10.3. The Morgan fingerprint density at radius 1 is 1.39 bits per heavy atom. The van der Waals surface area contributed by atoms with Gasteiger partial charge in [-0.1, -0.05) is 30.4 Å². The monoisotopic (exact) mass is 246 g/mol. The smallest absolute Gasteiger partial charge is 0.334 e. The lowest BCUT2D eigenvalue weighted by atomic mass is 9.80. The molecule has 1 aliphatic heterocycles. The molecule has 5 atom stereocenters. The minimum Gasteiger partial charge on any atom is -0.458 e. The molecule has 2 aliphatic carbocycles. The molecule has 3 aliphatic rings. The summed E-state index contributed by atoms with van der Waals surface area (Å²) in [5.41, 5.74) is 2.73. The van der Waals surface area contributed by atoms with E-state index in [1.807, 2.05) is 0 Å². The standard InChI is InChI=1S/C15H18O3/c1-7-4-5-10-8(2)6-11(16)13-9(3)15(17)18-14(13)12(7)10/h4,10-14,16H,2-3,5-6H2,1H3/t10-,11+,12-,13+,14+/m0/s1. The molecule has 1 heterocycles. The average Bonchev–Trinajstić information content (AvgIpc) is 2.77. The van der Waals surface area contributed by atoms with Gasteiger partial charge in [0.25, 0.3) is 0 Å². The van der Waals surface area contributed by atoms with Crippen LogP contribution in [-0.4, -0.2) is 23.3 Å². The zero-order valence-corrected chi connectivity index (χ0v) is 10.6. The van der Waals surface area contributed by atoms with E-state index >= 15 is 0 Å². The molecule has 1 N–H and O–H groups in total. The first kappa shape index (κ1) is 11.7. The van der Waals surface area contributed by atoms with Crippen LogP contribution in [0.25, 0.3) is 0 Å². The maximum atomic E-state index is 11.7. The Morgan fingerprint density at radius 3 is 2.83 bits per heavy atom. The van der Waals surface area contributed by atoms with Crippen LogP contribution in [0.3, 0.4) is 0 Å². The fraction of sp³-hybridized carbons (Fsp3) is 0.533. The van der Waals surface area contributed by atoms with Crippen LogP contribution < -0.4 is 0 Å². The zero-order chi connectivity index (χ0) is 13.0. The number of hydrogen-bond acceptors (Lipinski definition) is 3. The second-order valence-corrected chi connectivity index (χ2v) is 5.67. The molecule has 0 unspecified atom stereocenters. The van der Waals surface area contributed by atoms with Gasteiger partial charge in [0.2, 0.25) is 0 Å². The van der Waals surface area contributed by atoms with E-state index in [0.29, 0.717) is 17.9 Å². The molecule has 18 heavy (non-hydrogen) atoms. The van der Waals surface area contributed by atoms with Gasteiger partial charge in [0.05, 0.1) is 12.0 Å². The molecule has 3 nitrogen and oxygen atoms in total. The summed E-state index contributed by atoms with van der Waals surface area (Å²) in [4.78, 5) is 11.7. The maximum Gasteiger partial charge on any atom is 0.334 e. The third kappa shape index (κ3) is 1.43. The van der Waals surface area contributed by atoms with Crippen LogP contribution >= 0.6 is 0 Å². The molecule has 0 amide bonds. The third-order valence-corrected chi connectivity index (χ3v) is 4.68. The highest BCUT2D eigenvalue weighted by atomic mass is 16.6. The van der Waals surface area contributed by atoms with Gasteiger partial charge in [0, 0.05) is 11.5 Å². The summed E-state index contributed by atoms with van der Waals surface area (Å²) in [7, 11) is 0. The zero-order valence-electron chi connectivity index (χ0n) is 10.6. The molecule has 3 rings (SSSR count). The number of rotatable bonds is 0. The number of aliphatic hydroxyl groups is 1.